The third kappa shape index (κ3) is 3.26. The second-order valence-electron chi connectivity index (χ2n) is 4.12. The van der Waals surface area contributed by atoms with Crippen LogP contribution in [0.1, 0.15) is 28.8 Å². The lowest BCUT2D eigenvalue weighted by Crippen LogP contribution is -1.98. The van der Waals surface area contributed by atoms with E-state index in [1.807, 2.05) is 6.92 Å². The van der Waals surface area contributed by atoms with Crippen LogP contribution in [0.25, 0.3) is 0 Å². The number of aromatic nitrogens is 2. The van der Waals surface area contributed by atoms with E-state index in [1.54, 1.807) is 13.0 Å². The van der Waals surface area contributed by atoms with Gasteiger partial charge in [0.1, 0.15) is 11.6 Å². The van der Waals surface area contributed by atoms with Crippen molar-refractivity contribution in [3.63, 3.8) is 0 Å². The van der Waals surface area contributed by atoms with Crippen molar-refractivity contribution in [2.75, 3.05) is 0 Å². The fourth-order valence-electron chi connectivity index (χ4n) is 1.66. The second kappa shape index (κ2) is 6.20. The summed E-state index contributed by atoms with van der Waals surface area (Å²) in [4.78, 5) is 19.2. The summed E-state index contributed by atoms with van der Waals surface area (Å²) in [5.74, 6) is 1.36. The Bertz CT molecular complexity index is 660. The molecule has 0 bridgehead atoms. The van der Waals surface area contributed by atoms with Gasteiger partial charge in [0, 0.05) is 23.4 Å². The number of nitrogens with zero attached hydrogens (tertiary/aromatic N) is 2. The zero-order chi connectivity index (χ0) is 14.7. The summed E-state index contributed by atoms with van der Waals surface area (Å²) >= 11 is 12.0. The zero-order valence-corrected chi connectivity index (χ0v) is 12.5. The average Bonchev–Trinajstić information content (AvgIpc) is 2.41. The minimum absolute atomic E-state index is 0.279. The Morgan fingerprint density at radius 2 is 1.95 bits per heavy atom. The molecule has 0 saturated carbocycles. The molecule has 0 fully saturated rings. The van der Waals surface area contributed by atoms with Gasteiger partial charge in [0.15, 0.2) is 6.29 Å². The van der Waals surface area contributed by atoms with Crippen LogP contribution in [0.15, 0.2) is 18.2 Å². The minimum Gasteiger partial charge on any atom is -0.437 e. The summed E-state index contributed by atoms with van der Waals surface area (Å²) in [6.45, 7) is 3.78. The van der Waals surface area contributed by atoms with Crippen molar-refractivity contribution in [1.82, 2.24) is 9.97 Å². The molecule has 6 heteroatoms. The Hall–Kier alpha value is -1.65. The lowest BCUT2D eigenvalue weighted by Gasteiger charge is -2.09. The minimum atomic E-state index is 0.279. The number of rotatable bonds is 4. The summed E-state index contributed by atoms with van der Waals surface area (Å²) in [5, 5.41) is 0.576. The first-order chi connectivity index (χ1) is 9.53. The summed E-state index contributed by atoms with van der Waals surface area (Å²) in [6, 6.07) is 4.70. The molecule has 1 aromatic heterocycles. The van der Waals surface area contributed by atoms with E-state index in [0.29, 0.717) is 34.3 Å². The molecule has 4 nitrogen and oxygen atoms in total. The van der Waals surface area contributed by atoms with Crippen molar-refractivity contribution < 1.29 is 9.53 Å². The Balaban J connectivity index is 2.37. The van der Waals surface area contributed by atoms with Crippen molar-refractivity contribution in [3.8, 4) is 11.6 Å². The van der Waals surface area contributed by atoms with Gasteiger partial charge in [-0.3, -0.25) is 4.79 Å². The van der Waals surface area contributed by atoms with E-state index >= 15 is 0 Å². The van der Waals surface area contributed by atoms with Crippen LogP contribution in [-0.4, -0.2) is 16.3 Å². The number of benzene rings is 1. The lowest BCUT2D eigenvalue weighted by molar-refractivity contribution is 0.112. The van der Waals surface area contributed by atoms with Crippen LogP contribution in [0.5, 0.6) is 11.6 Å². The Labute approximate surface area is 126 Å². The van der Waals surface area contributed by atoms with Crippen molar-refractivity contribution in [2.24, 2.45) is 0 Å². The predicted molar refractivity (Wildman–Crippen MR) is 78.1 cm³/mol. The summed E-state index contributed by atoms with van der Waals surface area (Å²) < 4.78 is 5.63. The number of aryl methyl sites for hydroxylation is 2. The number of hydrogen-bond acceptors (Lipinski definition) is 4. The van der Waals surface area contributed by atoms with Gasteiger partial charge in [-0.15, -0.1) is 0 Å². The predicted octanol–water partition coefficient (Wildman–Crippen LogP) is 4.26. The smallest absolute Gasteiger partial charge is 0.222 e. The van der Waals surface area contributed by atoms with Crippen LogP contribution in [0.4, 0.5) is 0 Å². The van der Waals surface area contributed by atoms with Gasteiger partial charge in [-0.05, 0) is 19.4 Å². The quantitative estimate of drug-likeness (QED) is 0.792. The van der Waals surface area contributed by atoms with Crippen LogP contribution in [0, 0.1) is 6.92 Å². The standard InChI is InChI=1S/C14H12Cl2N2O2/c1-3-10-5-14(18-8(2)17-10)20-13-6-11(15)9(7-19)4-12(13)16/h4-7H,3H2,1-2H3. The molecular weight excluding hydrogens is 299 g/mol. The highest BCUT2D eigenvalue weighted by molar-refractivity contribution is 6.36. The monoisotopic (exact) mass is 310 g/mol. The molecule has 0 amide bonds. The van der Waals surface area contributed by atoms with Crippen LogP contribution in [0.3, 0.4) is 0 Å². The fraction of sp³-hybridized carbons (Fsp3) is 0.214. The Morgan fingerprint density at radius 3 is 2.60 bits per heavy atom. The van der Waals surface area contributed by atoms with E-state index in [2.05, 4.69) is 9.97 Å². The van der Waals surface area contributed by atoms with Crippen LogP contribution in [0.2, 0.25) is 10.0 Å². The molecule has 0 N–H and O–H groups in total. The Morgan fingerprint density at radius 1 is 1.20 bits per heavy atom. The number of carbonyl (C=O) groups excluding carboxylic acids is 1. The first-order valence-corrected chi connectivity index (χ1v) is 6.75. The van der Waals surface area contributed by atoms with Crippen LogP contribution < -0.4 is 4.74 Å². The molecule has 2 aromatic rings. The largest absolute Gasteiger partial charge is 0.437 e. The number of carbonyl (C=O) groups is 1. The fourth-order valence-corrected chi connectivity index (χ4v) is 2.07. The molecule has 1 heterocycles. The van der Waals surface area contributed by atoms with E-state index in [-0.39, 0.29) is 5.02 Å². The van der Waals surface area contributed by atoms with Gasteiger partial charge in [0.05, 0.1) is 10.0 Å². The number of ether oxygens (including phenoxy) is 1. The molecule has 0 spiro atoms. The first-order valence-electron chi connectivity index (χ1n) is 6.00. The van der Waals surface area contributed by atoms with E-state index in [9.17, 15) is 4.79 Å². The molecule has 0 aliphatic carbocycles. The highest BCUT2D eigenvalue weighted by Crippen LogP contribution is 2.33. The van der Waals surface area contributed by atoms with Crippen LogP contribution in [-0.2, 0) is 6.42 Å². The first kappa shape index (κ1) is 14.8. The molecule has 20 heavy (non-hydrogen) atoms. The van der Waals surface area contributed by atoms with E-state index < -0.39 is 0 Å². The summed E-state index contributed by atoms with van der Waals surface area (Å²) in [6.07, 6.45) is 1.42. The van der Waals surface area contributed by atoms with Crippen molar-refractivity contribution in [1.29, 1.82) is 0 Å². The second-order valence-corrected chi connectivity index (χ2v) is 4.94. The molecule has 104 valence electrons. The number of hydrogen-bond donors (Lipinski definition) is 0. The maximum Gasteiger partial charge on any atom is 0.222 e. The maximum absolute atomic E-state index is 10.8. The average molecular weight is 311 g/mol. The van der Waals surface area contributed by atoms with Gasteiger partial charge in [-0.25, -0.2) is 4.98 Å². The SMILES string of the molecule is CCc1cc(Oc2cc(Cl)c(C=O)cc2Cl)nc(C)n1. The van der Waals surface area contributed by atoms with Gasteiger partial charge in [0.2, 0.25) is 5.88 Å². The molecular formula is C14H12Cl2N2O2. The van der Waals surface area contributed by atoms with Crippen LogP contribution >= 0.6 is 23.2 Å². The zero-order valence-electron chi connectivity index (χ0n) is 11.0. The highest BCUT2D eigenvalue weighted by Gasteiger charge is 2.10. The molecule has 2 rings (SSSR count). The third-order valence-electron chi connectivity index (χ3n) is 2.62. The molecule has 0 radical (unpaired) electrons. The number of aldehydes is 1. The summed E-state index contributed by atoms with van der Waals surface area (Å²) in [7, 11) is 0. The van der Waals surface area contributed by atoms with E-state index in [0.717, 1.165) is 12.1 Å². The normalized spacial score (nSPS) is 10.4. The molecule has 0 saturated heterocycles. The number of halogens is 2. The van der Waals surface area contributed by atoms with E-state index in [4.69, 9.17) is 27.9 Å². The molecule has 0 unspecified atom stereocenters. The third-order valence-corrected chi connectivity index (χ3v) is 3.25. The van der Waals surface area contributed by atoms with Gasteiger partial charge in [0.25, 0.3) is 0 Å². The molecule has 0 aliphatic rings. The van der Waals surface area contributed by atoms with Crippen molar-refractivity contribution in [3.05, 3.63) is 45.3 Å². The Kier molecular flexibility index (Phi) is 4.57. The lowest BCUT2D eigenvalue weighted by atomic mass is 10.2. The van der Waals surface area contributed by atoms with Gasteiger partial charge >= 0.3 is 0 Å². The topological polar surface area (TPSA) is 52.1 Å². The van der Waals surface area contributed by atoms with E-state index in [1.165, 1.54) is 12.1 Å². The highest BCUT2D eigenvalue weighted by atomic mass is 35.5. The van der Waals surface area contributed by atoms with Crippen molar-refractivity contribution in [2.45, 2.75) is 20.3 Å². The van der Waals surface area contributed by atoms with Gasteiger partial charge in [-0.2, -0.15) is 4.98 Å². The van der Waals surface area contributed by atoms with Gasteiger partial charge < -0.3 is 4.74 Å². The molecule has 0 atom stereocenters. The molecule has 1 aromatic carbocycles. The van der Waals surface area contributed by atoms with Gasteiger partial charge in [-0.1, -0.05) is 30.1 Å². The molecule has 0 aliphatic heterocycles. The van der Waals surface area contributed by atoms with Crippen molar-refractivity contribution >= 4 is 29.5 Å². The maximum atomic E-state index is 10.8. The summed E-state index contributed by atoms with van der Waals surface area (Å²) in [5.41, 5.74) is 1.19.